The fourth-order valence-electron chi connectivity index (χ4n) is 1.38. The minimum absolute atomic E-state index is 0.609. The van der Waals surface area contributed by atoms with Gasteiger partial charge in [0.05, 0.1) is 5.97 Å². The van der Waals surface area contributed by atoms with E-state index in [0.717, 1.165) is 25.7 Å². The third-order valence-corrected chi connectivity index (χ3v) is 2.44. The minimum atomic E-state index is -1.04. The molecule has 0 aromatic rings. The second-order valence-electron chi connectivity index (χ2n) is 3.86. The van der Waals surface area contributed by atoms with Crippen LogP contribution in [0.5, 0.6) is 0 Å². The van der Waals surface area contributed by atoms with E-state index in [1.54, 1.807) is 6.92 Å². The first-order valence-electron chi connectivity index (χ1n) is 5.15. The molecule has 0 aliphatic carbocycles. The molecule has 0 saturated carbocycles. The van der Waals surface area contributed by atoms with Crippen LogP contribution in [0.2, 0.25) is 0 Å². The topological polar surface area (TPSA) is 40.1 Å². The lowest BCUT2D eigenvalue weighted by Gasteiger charge is -2.26. The van der Waals surface area contributed by atoms with Crippen molar-refractivity contribution >= 4 is 5.97 Å². The lowest BCUT2D eigenvalue weighted by molar-refractivity contribution is -0.316. The standard InChI is InChI=1S/C12H20O2/c1-4-6-7-8-10-12(3,9-5-2)11(13)14/h9H,2,4,6-8,10H2,1,3H3,(H,13,14)/p-1. The van der Waals surface area contributed by atoms with E-state index in [4.69, 9.17) is 0 Å². The zero-order chi connectivity index (χ0) is 11.0. The number of hydrogen-bond donors (Lipinski definition) is 0. The van der Waals surface area contributed by atoms with E-state index in [-0.39, 0.29) is 0 Å². The monoisotopic (exact) mass is 195 g/mol. The summed E-state index contributed by atoms with van der Waals surface area (Å²) < 4.78 is 0. The maximum absolute atomic E-state index is 10.9. The van der Waals surface area contributed by atoms with E-state index in [2.05, 4.69) is 19.2 Å². The molecule has 0 aliphatic heterocycles. The maximum atomic E-state index is 10.9. The van der Waals surface area contributed by atoms with E-state index >= 15 is 0 Å². The van der Waals surface area contributed by atoms with E-state index in [0.29, 0.717) is 6.42 Å². The van der Waals surface area contributed by atoms with Gasteiger partial charge < -0.3 is 9.90 Å². The zero-order valence-corrected chi connectivity index (χ0v) is 9.14. The van der Waals surface area contributed by atoms with Crippen LogP contribution >= 0.6 is 0 Å². The molecule has 1 atom stereocenters. The first-order valence-corrected chi connectivity index (χ1v) is 5.15. The number of unbranched alkanes of at least 4 members (excludes halogenated alkanes) is 3. The fraction of sp³-hybridized carbons (Fsp3) is 0.667. The van der Waals surface area contributed by atoms with Crippen LogP contribution in [-0.2, 0) is 4.79 Å². The molecule has 0 saturated heterocycles. The number of aliphatic carboxylic acids is 1. The van der Waals surface area contributed by atoms with Crippen molar-refractivity contribution in [1.82, 2.24) is 0 Å². The van der Waals surface area contributed by atoms with Crippen LogP contribution in [0.3, 0.4) is 0 Å². The van der Waals surface area contributed by atoms with Crippen molar-refractivity contribution < 1.29 is 9.90 Å². The molecular weight excluding hydrogens is 176 g/mol. The summed E-state index contributed by atoms with van der Waals surface area (Å²) in [6, 6.07) is 0. The first kappa shape index (κ1) is 13.0. The molecule has 2 nitrogen and oxygen atoms in total. The van der Waals surface area contributed by atoms with Crippen molar-refractivity contribution in [3.05, 3.63) is 18.4 Å². The van der Waals surface area contributed by atoms with E-state index in [9.17, 15) is 9.90 Å². The highest BCUT2D eigenvalue weighted by Crippen LogP contribution is 2.25. The van der Waals surface area contributed by atoms with Gasteiger partial charge in [-0.1, -0.05) is 46.1 Å². The predicted octanol–water partition coefficient (Wildman–Crippen LogP) is 2.05. The molecule has 0 rings (SSSR count). The third kappa shape index (κ3) is 4.29. The van der Waals surface area contributed by atoms with Crippen LogP contribution in [0.1, 0.15) is 46.0 Å². The Balaban J connectivity index is 4.11. The number of carbonyl (C=O) groups is 1. The molecule has 14 heavy (non-hydrogen) atoms. The van der Waals surface area contributed by atoms with Gasteiger partial charge in [-0.25, -0.2) is 0 Å². The van der Waals surface area contributed by atoms with Gasteiger partial charge in [-0.05, 0) is 12.5 Å². The minimum Gasteiger partial charge on any atom is -0.549 e. The molecule has 2 heteroatoms. The van der Waals surface area contributed by atoms with Gasteiger partial charge in [-0.3, -0.25) is 0 Å². The molecule has 0 N–H and O–H groups in total. The third-order valence-electron chi connectivity index (χ3n) is 2.44. The summed E-state index contributed by atoms with van der Waals surface area (Å²) in [6.45, 7) is 7.19. The molecule has 0 bridgehead atoms. The summed E-state index contributed by atoms with van der Waals surface area (Å²) in [5.74, 6) is -1.04. The van der Waals surface area contributed by atoms with Gasteiger partial charge in [-0.2, -0.15) is 0 Å². The number of rotatable bonds is 7. The summed E-state index contributed by atoms with van der Waals surface area (Å²) in [4.78, 5) is 10.9. The summed E-state index contributed by atoms with van der Waals surface area (Å²) in [5.41, 5.74) is 1.64. The smallest absolute Gasteiger partial charge is 0.0517 e. The van der Waals surface area contributed by atoms with Crippen molar-refractivity contribution in [3.63, 3.8) is 0 Å². The average molecular weight is 195 g/mol. The Morgan fingerprint density at radius 2 is 2.14 bits per heavy atom. The van der Waals surface area contributed by atoms with Crippen molar-refractivity contribution in [1.29, 1.82) is 0 Å². The number of carboxylic acids is 1. The molecule has 0 aliphatic rings. The highest BCUT2D eigenvalue weighted by molar-refractivity contribution is 5.74. The van der Waals surface area contributed by atoms with Gasteiger partial charge in [0, 0.05) is 5.41 Å². The lowest BCUT2D eigenvalue weighted by atomic mass is 9.84. The number of carbonyl (C=O) groups excluding carboxylic acids is 1. The van der Waals surface area contributed by atoms with E-state index in [1.807, 2.05) is 0 Å². The zero-order valence-electron chi connectivity index (χ0n) is 9.14. The van der Waals surface area contributed by atoms with Crippen molar-refractivity contribution in [2.45, 2.75) is 46.0 Å². The largest absolute Gasteiger partial charge is 0.549 e. The molecule has 0 amide bonds. The first-order chi connectivity index (χ1) is 6.56. The Morgan fingerprint density at radius 3 is 2.57 bits per heavy atom. The van der Waals surface area contributed by atoms with Gasteiger partial charge in [-0.15, -0.1) is 5.73 Å². The Morgan fingerprint density at radius 1 is 1.50 bits per heavy atom. The van der Waals surface area contributed by atoms with Crippen LogP contribution < -0.4 is 5.11 Å². The van der Waals surface area contributed by atoms with Crippen LogP contribution in [-0.4, -0.2) is 5.97 Å². The maximum Gasteiger partial charge on any atom is 0.0517 e. The van der Waals surface area contributed by atoms with Gasteiger partial charge in [0.15, 0.2) is 0 Å². The summed E-state index contributed by atoms with van der Waals surface area (Å²) >= 11 is 0. The van der Waals surface area contributed by atoms with Crippen molar-refractivity contribution in [3.8, 4) is 0 Å². The number of hydrogen-bond acceptors (Lipinski definition) is 2. The highest BCUT2D eigenvalue weighted by atomic mass is 16.4. The predicted molar refractivity (Wildman–Crippen MR) is 55.6 cm³/mol. The summed E-state index contributed by atoms with van der Waals surface area (Å²) in [7, 11) is 0. The molecule has 80 valence electrons. The van der Waals surface area contributed by atoms with E-state index in [1.165, 1.54) is 6.08 Å². The summed E-state index contributed by atoms with van der Waals surface area (Å²) in [6.07, 6.45) is 6.40. The SMILES string of the molecule is C=C=CC(C)(CCCCCC)C(=O)[O-]. The second kappa shape index (κ2) is 6.44. The van der Waals surface area contributed by atoms with Gasteiger partial charge >= 0.3 is 0 Å². The van der Waals surface area contributed by atoms with Crippen LogP contribution in [0.4, 0.5) is 0 Å². The molecule has 0 aromatic heterocycles. The van der Waals surface area contributed by atoms with Gasteiger partial charge in [0.2, 0.25) is 0 Å². The number of carboxylic acid groups (broad SMARTS) is 1. The molecule has 0 spiro atoms. The van der Waals surface area contributed by atoms with E-state index < -0.39 is 11.4 Å². The Kier molecular flexibility index (Phi) is 5.98. The highest BCUT2D eigenvalue weighted by Gasteiger charge is 2.21. The van der Waals surface area contributed by atoms with Gasteiger partial charge in [0.25, 0.3) is 0 Å². The average Bonchev–Trinajstić information content (AvgIpc) is 2.13. The normalized spacial score (nSPS) is 14.1. The molecule has 0 heterocycles. The lowest BCUT2D eigenvalue weighted by Crippen LogP contribution is -2.38. The molecule has 0 radical (unpaired) electrons. The molecular formula is C12H19O2-. The van der Waals surface area contributed by atoms with Crippen molar-refractivity contribution in [2.75, 3.05) is 0 Å². The molecule has 0 fully saturated rings. The Labute approximate surface area is 86.3 Å². The summed E-state index contributed by atoms with van der Waals surface area (Å²) in [5, 5.41) is 10.9. The van der Waals surface area contributed by atoms with Crippen LogP contribution in [0.25, 0.3) is 0 Å². The second-order valence-corrected chi connectivity index (χ2v) is 3.86. The molecule has 1 unspecified atom stereocenters. The van der Waals surface area contributed by atoms with Crippen LogP contribution in [0, 0.1) is 5.41 Å². The Bertz CT molecular complexity index is 222. The molecule has 0 aromatic carbocycles. The quantitative estimate of drug-likeness (QED) is 0.461. The van der Waals surface area contributed by atoms with Crippen molar-refractivity contribution in [2.24, 2.45) is 5.41 Å². The fourth-order valence-corrected chi connectivity index (χ4v) is 1.38. The van der Waals surface area contributed by atoms with Gasteiger partial charge in [0.1, 0.15) is 0 Å². The van der Waals surface area contributed by atoms with Crippen LogP contribution in [0.15, 0.2) is 18.4 Å². The Hall–Kier alpha value is -1.01.